The molecule has 86 valence electrons. The van der Waals surface area contributed by atoms with E-state index in [2.05, 4.69) is 4.74 Å². The molecule has 16 heavy (non-hydrogen) atoms. The van der Waals surface area contributed by atoms with E-state index in [1.165, 1.54) is 13.2 Å². The van der Waals surface area contributed by atoms with Gasteiger partial charge >= 0.3 is 5.97 Å². The van der Waals surface area contributed by atoms with Crippen molar-refractivity contribution in [3.05, 3.63) is 35.4 Å². The highest BCUT2D eigenvalue weighted by Gasteiger charge is 2.00. The van der Waals surface area contributed by atoms with Crippen LogP contribution < -0.4 is 0 Å². The van der Waals surface area contributed by atoms with Gasteiger partial charge in [0.05, 0.1) is 20.1 Å². The molecule has 0 saturated heterocycles. The van der Waals surface area contributed by atoms with Crippen molar-refractivity contribution < 1.29 is 19.7 Å². The van der Waals surface area contributed by atoms with Gasteiger partial charge in [-0.3, -0.25) is 4.79 Å². The van der Waals surface area contributed by atoms with E-state index in [0.29, 0.717) is 5.56 Å². The van der Waals surface area contributed by atoms with E-state index < -0.39 is 0 Å². The van der Waals surface area contributed by atoms with Gasteiger partial charge in [-0.25, -0.2) is 0 Å². The average Bonchev–Trinajstić information content (AvgIpc) is 2.31. The van der Waals surface area contributed by atoms with E-state index in [9.17, 15) is 9.90 Å². The van der Waals surface area contributed by atoms with E-state index >= 15 is 0 Å². The Balaban J connectivity index is 2.70. The van der Waals surface area contributed by atoms with Crippen LogP contribution in [0.3, 0.4) is 0 Å². The first-order chi connectivity index (χ1) is 7.67. The number of hydrogen-bond donors (Lipinski definition) is 2. The summed E-state index contributed by atoms with van der Waals surface area (Å²) >= 11 is 0. The van der Waals surface area contributed by atoms with Crippen LogP contribution in [0.25, 0.3) is 6.08 Å². The molecule has 4 nitrogen and oxygen atoms in total. The minimum atomic E-state index is -0.308. The lowest BCUT2D eigenvalue weighted by Gasteiger charge is -2.01. The molecule has 0 atom stereocenters. The maximum Gasteiger partial charge on any atom is 0.309 e. The van der Waals surface area contributed by atoms with Gasteiger partial charge in [-0.05, 0) is 17.7 Å². The predicted molar refractivity (Wildman–Crippen MR) is 59.7 cm³/mol. The Bertz CT molecular complexity index is 396. The van der Waals surface area contributed by atoms with Crippen LogP contribution in [0.5, 0.6) is 5.75 Å². The predicted octanol–water partition coefficient (Wildman–Crippen LogP) is 1.46. The van der Waals surface area contributed by atoms with Crippen molar-refractivity contribution in [3.8, 4) is 5.75 Å². The molecular weight excluding hydrogens is 208 g/mol. The molecule has 0 aliphatic rings. The van der Waals surface area contributed by atoms with E-state index in [4.69, 9.17) is 5.11 Å². The standard InChI is InChI=1S/C12H14O4/c1-16-12(15)4-2-3-9-5-6-11(14)10(7-9)8-13/h2-3,5-7,13-14H,4,8H2,1H3. The molecule has 0 saturated carbocycles. The minimum Gasteiger partial charge on any atom is -0.508 e. The monoisotopic (exact) mass is 222 g/mol. The fourth-order valence-corrected chi connectivity index (χ4v) is 1.21. The Morgan fingerprint density at radius 3 is 2.88 bits per heavy atom. The topological polar surface area (TPSA) is 66.8 Å². The summed E-state index contributed by atoms with van der Waals surface area (Å²) < 4.78 is 4.48. The summed E-state index contributed by atoms with van der Waals surface area (Å²) in [4.78, 5) is 10.8. The number of hydrogen-bond acceptors (Lipinski definition) is 4. The minimum absolute atomic E-state index is 0.0626. The first-order valence-electron chi connectivity index (χ1n) is 4.83. The average molecular weight is 222 g/mol. The van der Waals surface area contributed by atoms with Crippen molar-refractivity contribution in [3.63, 3.8) is 0 Å². The normalized spacial score (nSPS) is 10.6. The lowest BCUT2D eigenvalue weighted by molar-refractivity contribution is -0.139. The Labute approximate surface area is 93.8 Å². The van der Waals surface area contributed by atoms with Crippen LogP contribution >= 0.6 is 0 Å². The number of methoxy groups -OCH3 is 1. The Kier molecular flexibility index (Phi) is 4.54. The molecule has 1 aromatic carbocycles. The Morgan fingerprint density at radius 2 is 2.25 bits per heavy atom. The zero-order valence-electron chi connectivity index (χ0n) is 9.01. The maximum atomic E-state index is 10.8. The number of phenols is 1. The molecule has 2 N–H and O–H groups in total. The summed E-state index contributed by atoms with van der Waals surface area (Å²) in [5, 5.41) is 18.3. The third kappa shape index (κ3) is 3.40. The number of carbonyl (C=O) groups excluding carboxylic acids is 1. The number of esters is 1. The number of aliphatic hydroxyl groups excluding tert-OH is 1. The molecule has 0 spiro atoms. The van der Waals surface area contributed by atoms with Gasteiger partial charge in [0, 0.05) is 5.56 Å². The second kappa shape index (κ2) is 5.92. The van der Waals surface area contributed by atoms with E-state index in [1.54, 1.807) is 24.3 Å². The van der Waals surface area contributed by atoms with Crippen molar-refractivity contribution in [1.82, 2.24) is 0 Å². The van der Waals surface area contributed by atoms with Crippen molar-refractivity contribution in [2.45, 2.75) is 13.0 Å². The van der Waals surface area contributed by atoms with Crippen molar-refractivity contribution >= 4 is 12.0 Å². The molecule has 1 aromatic rings. The highest BCUT2D eigenvalue weighted by Crippen LogP contribution is 2.19. The van der Waals surface area contributed by atoms with Gasteiger partial charge in [0.15, 0.2) is 0 Å². The molecule has 0 aliphatic heterocycles. The van der Waals surface area contributed by atoms with Gasteiger partial charge in [-0.15, -0.1) is 0 Å². The summed E-state index contributed by atoms with van der Waals surface area (Å²) in [5.74, 6) is -0.245. The molecule has 0 bridgehead atoms. The van der Waals surface area contributed by atoms with Gasteiger partial charge in [-0.1, -0.05) is 18.2 Å². The van der Waals surface area contributed by atoms with Crippen LogP contribution in [0.2, 0.25) is 0 Å². The second-order valence-corrected chi connectivity index (χ2v) is 3.23. The number of benzene rings is 1. The van der Waals surface area contributed by atoms with Crippen LogP contribution in [-0.2, 0) is 16.1 Å². The number of ether oxygens (including phenoxy) is 1. The molecule has 0 unspecified atom stereocenters. The van der Waals surface area contributed by atoms with Gasteiger partial charge in [-0.2, -0.15) is 0 Å². The summed E-state index contributed by atoms with van der Waals surface area (Å²) in [6, 6.07) is 4.86. The molecule has 0 fully saturated rings. The van der Waals surface area contributed by atoms with Crippen LogP contribution in [0.15, 0.2) is 24.3 Å². The van der Waals surface area contributed by atoms with Crippen molar-refractivity contribution in [2.24, 2.45) is 0 Å². The van der Waals surface area contributed by atoms with Crippen LogP contribution in [-0.4, -0.2) is 23.3 Å². The van der Waals surface area contributed by atoms with E-state index in [-0.39, 0.29) is 24.7 Å². The van der Waals surface area contributed by atoms with Crippen molar-refractivity contribution in [1.29, 1.82) is 0 Å². The molecule has 0 amide bonds. The van der Waals surface area contributed by atoms with Crippen LogP contribution in [0.4, 0.5) is 0 Å². The number of aromatic hydroxyl groups is 1. The summed E-state index contributed by atoms with van der Waals surface area (Å²) in [6.45, 7) is -0.218. The summed E-state index contributed by atoms with van der Waals surface area (Å²) in [5.41, 5.74) is 1.27. The smallest absolute Gasteiger partial charge is 0.309 e. The fourth-order valence-electron chi connectivity index (χ4n) is 1.21. The molecule has 0 heterocycles. The zero-order chi connectivity index (χ0) is 12.0. The maximum absolute atomic E-state index is 10.8. The Morgan fingerprint density at radius 1 is 1.50 bits per heavy atom. The number of carbonyl (C=O) groups is 1. The third-order valence-corrected chi connectivity index (χ3v) is 2.10. The first kappa shape index (κ1) is 12.3. The SMILES string of the molecule is COC(=O)CC=Cc1ccc(O)c(CO)c1. The van der Waals surface area contributed by atoms with Crippen LogP contribution in [0.1, 0.15) is 17.5 Å². The third-order valence-electron chi connectivity index (χ3n) is 2.10. The molecule has 0 aliphatic carbocycles. The van der Waals surface area contributed by atoms with Gasteiger partial charge in [0.25, 0.3) is 0 Å². The number of rotatable bonds is 4. The van der Waals surface area contributed by atoms with Gasteiger partial charge < -0.3 is 14.9 Å². The van der Waals surface area contributed by atoms with Gasteiger partial charge in [0.2, 0.25) is 0 Å². The molecule has 1 rings (SSSR count). The number of aliphatic hydroxyl groups is 1. The fraction of sp³-hybridized carbons (Fsp3) is 0.250. The highest BCUT2D eigenvalue weighted by molar-refractivity contribution is 5.72. The second-order valence-electron chi connectivity index (χ2n) is 3.23. The van der Waals surface area contributed by atoms with E-state index in [0.717, 1.165) is 5.56 Å². The molecule has 0 aromatic heterocycles. The molecule has 0 radical (unpaired) electrons. The first-order valence-corrected chi connectivity index (χ1v) is 4.83. The highest BCUT2D eigenvalue weighted by atomic mass is 16.5. The van der Waals surface area contributed by atoms with E-state index in [1.807, 2.05) is 0 Å². The largest absolute Gasteiger partial charge is 0.508 e. The lowest BCUT2D eigenvalue weighted by atomic mass is 10.1. The Hall–Kier alpha value is -1.81. The molecule has 4 heteroatoms. The summed E-state index contributed by atoms with van der Waals surface area (Å²) in [7, 11) is 1.33. The van der Waals surface area contributed by atoms with Crippen molar-refractivity contribution in [2.75, 3.05) is 7.11 Å². The molecular formula is C12H14O4. The van der Waals surface area contributed by atoms with Crippen LogP contribution in [0, 0.1) is 0 Å². The zero-order valence-corrected chi connectivity index (χ0v) is 9.01. The lowest BCUT2D eigenvalue weighted by Crippen LogP contribution is -1.96. The quantitative estimate of drug-likeness (QED) is 0.757. The van der Waals surface area contributed by atoms with Gasteiger partial charge in [0.1, 0.15) is 5.75 Å². The summed E-state index contributed by atoms with van der Waals surface area (Å²) in [6.07, 6.45) is 3.60.